The third-order valence-electron chi connectivity index (χ3n) is 4.33. The number of carboxylic acids is 1. The number of aliphatic carboxylic acids is 1. The van der Waals surface area contributed by atoms with Crippen molar-refractivity contribution in [1.29, 1.82) is 0 Å². The van der Waals surface area contributed by atoms with Gasteiger partial charge in [0.15, 0.2) is 0 Å². The molecule has 134 valence electrons. The van der Waals surface area contributed by atoms with Crippen LogP contribution in [0.2, 0.25) is 0 Å². The van der Waals surface area contributed by atoms with Crippen molar-refractivity contribution in [2.45, 2.75) is 33.8 Å². The van der Waals surface area contributed by atoms with Gasteiger partial charge in [-0.15, -0.1) is 11.3 Å². The van der Waals surface area contributed by atoms with Crippen LogP contribution in [-0.4, -0.2) is 11.0 Å². The molecule has 0 fully saturated rings. The first-order chi connectivity index (χ1) is 12.4. The van der Waals surface area contributed by atoms with Crippen molar-refractivity contribution in [3.05, 3.63) is 69.7 Å². The lowest BCUT2D eigenvalue weighted by atomic mass is 10.1. The Balaban J connectivity index is 1.69. The van der Waals surface area contributed by atoms with Crippen LogP contribution in [-0.2, 0) is 17.8 Å². The fourth-order valence-electron chi connectivity index (χ4n) is 2.72. The maximum atomic E-state index is 10.7. The fraction of sp³-hybridized carbons (Fsp3) is 0.238. The highest BCUT2D eigenvalue weighted by Gasteiger charge is 2.08. The predicted molar refractivity (Wildman–Crippen MR) is 101 cm³/mol. The average Bonchev–Trinajstić information content (AvgIpc) is 3.06. The molecule has 3 rings (SSSR count). The van der Waals surface area contributed by atoms with Crippen molar-refractivity contribution in [2.75, 3.05) is 0 Å². The highest BCUT2D eigenvalue weighted by atomic mass is 32.1. The second kappa shape index (κ2) is 7.70. The number of hydrogen-bond acceptors (Lipinski definition) is 5. The van der Waals surface area contributed by atoms with Gasteiger partial charge in [0.2, 0.25) is 0 Å². The van der Waals surface area contributed by atoms with Crippen LogP contribution in [0.4, 0.5) is 0 Å². The number of aromatic nitrogens is 1. The van der Waals surface area contributed by atoms with Crippen LogP contribution < -0.4 is 9.84 Å². The van der Waals surface area contributed by atoms with Crippen molar-refractivity contribution in [3.63, 3.8) is 0 Å². The molecule has 4 nitrogen and oxygen atoms in total. The van der Waals surface area contributed by atoms with E-state index in [-0.39, 0.29) is 6.42 Å². The van der Waals surface area contributed by atoms with Crippen LogP contribution in [0.15, 0.2) is 41.8 Å². The summed E-state index contributed by atoms with van der Waals surface area (Å²) in [7, 11) is 0. The highest BCUT2D eigenvalue weighted by molar-refractivity contribution is 7.13. The van der Waals surface area contributed by atoms with Gasteiger partial charge in [-0.1, -0.05) is 36.4 Å². The van der Waals surface area contributed by atoms with Crippen LogP contribution in [0.3, 0.4) is 0 Å². The molecule has 0 amide bonds. The third kappa shape index (κ3) is 4.11. The molecule has 1 heterocycles. The summed E-state index contributed by atoms with van der Waals surface area (Å²) in [6.45, 7) is 6.71. The van der Waals surface area contributed by atoms with Gasteiger partial charge in [0.25, 0.3) is 0 Å². The van der Waals surface area contributed by atoms with E-state index in [0.29, 0.717) is 12.3 Å². The zero-order chi connectivity index (χ0) is 18.7. The van der Waals surface area contributed by atoms with Gasteiger partial charge < -0.3 is 14.6 Å². The number of aryl methyl sites for hydroxylation is 2. The second-order valence-electron chi connectivity index (χ2n) is 6.33. The summed E-state index contributed by atoms with van der Waals surface area (Å²) in [6.07, 6.45) is -0.155. The van der Waals surface area contributed by atoms with Crippen molar-refractivity contribution in [1.82, 2.24) is 4.98 Å². The number of carbonyl (C=O) groups excluding carboxylic acids is 1. The van der Waals surface area contributed by atoms with E-state index >= 15 is 0 Å². The molecule has 26 heavy (non-hydrogen) atoms. The van der Waals surface area contributed by atoms with Crippen LogP contribution in [0.25, 0.3) is 10.6 Å². The molecule has 0 aliphatic carbocycles. The molecule has 3 aromatic rings. The normalized spacial score (nSPS) is 10.7. The SMILES string of the molecule is Cc1ccc(C)c(OCc2ccc(-c3nc(CC(=O)[O-])cs3)cc2)c1C. The van der Waals surface area contributed by atoms with Gasteiger partial charge in [-0.3, -0.25) is 0 Å². The van der Waals surface area contributed by atoms with E-state index in [0.717, 1.165) is 27.4 Å². The zero-order valence-corrected chi connectivity index (χ0v) is 15.9. The Kier molecular flexibility index (Phi) is 5.38. The molecule has 0 saturated carbocycles. The Hall–Kier alpha value is -2.66. The smallest absolute Gasteiger partial charge is 0.125 e. The molecule has 0 spiro atoms. The summed E-state index contributed by atoms with van der Waals surface area (Å²) in [4.78, 5) is 15.0. The predicted octanol–water partition coefficient (Wildman–Crippen LogP) is 3.61. The Bertz CT molecular complexity index is 929. The molecule has 0 N–H and O–H groups in total. The van der Waals surface area contributed by atoms with Crippen LogP contribution in [0, 0.1) is 20.8 Å². The van der Waals surface area contributed by atoms with Gasteiger partial charge in [-0.2, -0.15) is 0 Å². The van der Waals surface area contributed by atoms with E-state index in [4.69, 9.17) is 4.74 Å². The first-order valence-corrected chi connectivity index (χ1v) is 9.25. The molecule has 0 unspecified atom stereocenters. The van der Waals surface area contributed by atoms with E-state index < -0.39 is 5.97 Å². The number of thiazole rings is 1. The lowest BCUT2D eigenvalue weighted by molar-refractivity contribution is -0.304. The first-order valence-electron chi connectivity index (χ1n) is 8.37. The summed E-state index contributed by atoms with van der Waals surface area (Å²) < 4.78 is 6.04. The Labute approximate surface area is 157 Å². The third-order valence-corrected chi connectivity index (χ3v) is 5.28. The van der Waals surface area contributed by atoms with Crippen molar-refractivity contribution in [3.8, 4) is 16.3 Å². The minimum atomic E-state index is -1.11. The van der Waals surface area contributed by atoms with Crippen LogP contribution in [0.1, 0.15) is 27.9 Å². The minimum absolute atomic E-state index is 0.155. The van der Waals surface area contributed by atoms with Gasteiger partial charge in [-0.25, -0.2) is 4.98 Å². The lowest BCUT2D eigenvalue weighted by Gasteiger charge is -2.14. The standard InChI is InChI=1S/C21H21NO3S/c1-13-4-5-14(2)20(15(13)3)25-11-16-6-8-17(9-7-16)21-22-18(12-26-21)10-19(23)24/h4-9,12H,10-11H2,1-3H3,(H,23,24)/p-1. The number of carboxylic acid groups (broad SMARTS) is 1. The van der Waals surface area contributed by atoms with Gasteiger partial charge in [0.1, 0.15) is 17.4 Å². The van der Waals surface area contributed by atoms with Gasteiger partial charge in [0.05, 0.1) is 5.69 Å². The van der Waals surface area contributed by atoms with Crippen molar-refractivity contribution >= 4 is 17.3 Å². The number of nitrogens with zero attached hydrogens (tertiary/aromatic N) is 1. The summed E-state index contributed by atoms with van der Waals surface area (Å²) in [6, 6.07) is 12.2. The number of hydrogen-bond donors (Lipinski definition) is 0. The van der Waals surface area contributed by atoms with Crippen molar-refractivity contribution < 1.29 is 14.6 Å². The first kappa shape index (κ1) is 18.1. The van der Waals surface area contributed by atoms with Gasteiger partial charge in [-0.05, 0) is 43.0 Å². The molecule has 0 saturated heterocycles. The molecule has 0 aliphatic rings. The molecule has 0 aliphatic heterocycles. The fourth-order valence-corrected chi connectivity index (χ4v) is 3.54. The summed E-state index contributed by atoms with van der Waals surface area (Å²) in [5, 5.41) is 13.2. The van der Waals surface area contributed by atoms with Gasteiger partial charge in [0, 0.05) is 23.3 Å². The molecule has 5 heteroatoms. The Morgan fingerprint density at radius 3 is 2.46 bits per heavy atom. The van der Waals surface area contributed by atoms with Gasteiger partial charge >= 0.3 is 0 Å². The second-order valence-corrected chi connectivity index (χ2v) is 7.19. The molecule has 0 radical (unpaired) electrons. The van der Waals surface area contributed by atoms with Crippen LogP contribution >= 0.6 is 11.3 Å². The highest BCUT2D eigenvalue weighted by Crippen LogP contribution is 2.28. The maximum absolute atomic E-state index is 10.7. The van der Waals surface area contributed by atoms with Crippen LogP contribution in [0.5, 0.6) is 5.75 Å². The molecule has 0 bridgehead atoms. The summed E-state index contributed by atoms with van der Waals surface area (Å²) >= 11 is 1.43. The molecule has 1 aromatic heterocycles. The molecule has 2 aromatic carbocycles. The minimum Gasteiger partial charge on any atom is -0.550 e. The van der Waals surface area contributed by atoms with E-state index in [1.807, 2.05) is 24.3 Å². The summed E-state index contributed by atoms with van der Waals surface area (Å²) in [5.74, 6) is -0.169. The molecular formula is C21H20NO3S-. The Morgan fingerprint density at radius 1 is 1.08 bits per heavy atom. The average molecular weight is 366 g/mol. The quantitative estimate of drug-likeness (QED) is 0.669. The zero-order valence-electron chi connectivity index (χ0n) is 15.0. The molecule has 0 atom stereocenters. The number of benzene rings is 2. The Morgan fingerprint density at radius 2 is 1.77 bits per heavy atom. The largest absolute Gasteiger partial charge is 0.550 e. The van der Waals surface area contributed by atoms with Crippen molar-refractivity contribution in [2.24, 2.45) is 0 Å². The van der Waals surface area contributed by atoms with E-state index in [1.54, 1.807) is 5.38 Å². The molecular weight excluding hydrogens is 346 g/mol. The van der Waals surface area contributed by atoms with E-state index in [2.05, 4.69) is 37.9 Å². The van der Waals surface area contributed by atoms with E-state index in [1.165, 1.54) is 22.5 Å². The lowest BCUT2D eigenvalue weighted by Crippen LogP contribution is -2.24. The monoisotopic (exact) mass is 366 g/mol. The maximum Gasteiger partial charge on any atom is 0.125 e. The van der Waals surface area contributed by atoms with E-state index in [9.17, 15) is 9.90 Å². The summed E-state index contributed by atoms with van der Waals surface area (Å²) in [5.41, 5.74) is 6.09. The number of ether oxygens (including phenoxy) is 1. The topological polar surface area (TPSA) is 62.2 Å². The number of carbonyl (C=O) groups is 1. The number of rotatable bonds is 6.